The molecule has 5 heteroatoms. The van der Waals surface area contributed by atoms with Crippen molar-refractivity contribution < 1.29 is 18.9 Å². The molecule has 0 heterocycles. The fourth-order valence-corrected chi connectivity index (χ4v) is 3.51. The van der Waals surface area contributed by atoms with E-state index in [4.69, 9.17) is 18.9 Å². The van der Waals surface area contributed by atoms with Crippen LogP contribution in [0.3, 0.4) is 0 Å². The van der Waals surface area contributed by atoms with Gasteiger partial charge in [0.15, 0.2) is 5.90 Å². The molecule has 182 valence electrons. The third-order valence-corrected chi connectivity index (χ3v) is 5.46. The van der Waals surface area contributed by atoms with Gasteiger partial charge in [-0.3, -0.25) is 0 Å². The highest BCUT2D eigenvalue weighted by Gasteiger charge is 2.04. The van der Waals surface area contributed by atoms with Gasteiger partial charge in [-0.05, 0) is 78.2 Å². The first-order chi connectivity index (χ1) is 17.5. The Bertz CT molecular complexity index is 1250. The minimum atomic E-state index is 0.593. The predicted octanol–water partition coefficient (Wildman–Crippen LogP) is 8.64. The lowest BCUT2D eigenvalue weighted by atomic mass is 10.1. The zero-order valence-electron chi connectivity index (χ0n) is 20.9. The van der Waals surface area contributed by atoms with E-state index in [-0.39, 0.29) is 0 Å². The molecule has 0 aliphatic heterocycles. The van der Waals surface area contributed by atoms with Gasteiger partial charge in [-0.15, -0.1) is 0 Å². The average molecular weight is 480 g/mol. The maximum Gasteiger partial charge on any atom is 0.184 e. The van der Waals surface area contributed by atoms with Gasteiger partial charge in [-0.2, -0.15) is 0 Å². The summed E-state index contributed by atoms with van der Waals surface area (Å²) in [5.74, 6) is 4.44. The van der Waals surface area contributed by atoms with Gasteiger partial charge >= 0.3 is 0 Å². The van der Waals surface area contributed by atoms with E-state index in [1.807, 2.05) is 117 Å². The van der Waals surface area contributed by atoms with Crippen LogP contribution in [-0.4, -0.2) is 20.1 Å². The van der Waals surface area contributed by atoms with Gasteiger partial charge in [-0.25, -0.2) is 4.99 Å². The lowest BCUT2D eigenvalue weighted by Crippen LogP contribution is -1.92. The van der Waals surface area contributed by atoms with E-state index in [1.54, 1.807) is 14.2 Å². The van der Waals surface area contributed by atoms with Gasteiger partial charge in [0.2, 0.25) is 0 Å². The van der Waals surface area contributed by atoms with Crippen molar-refractivity contribution in [2.75, 3.05) is 14.2 Å². The molecule has 0 spiro atoms. The van der Waals surface area contributed by atoms with E-state index in [1.165, 1.54) is 0 Å². The molecule has 5 nitrogen and oxygen atoms in total. The van der Waals surface area contributed by atoms with Gasteiger partial charge in [-0.1, -0.05) is 42.5 Å². The van der Waals surface area contributed by atoms with Crippen LogP contribution in [0.1, 0.15) is 19.4 Å². The summed E-state index contributed by atoms with van der Waals surface area (Å²) in [7, 11) is 3.26. The molecule has 0 N–H and O–H groups in total. The monoisotopic (exact) mass is 479 g/mol. The number of aliphatic imine (C=N–C) groups is 1. The molecule has 0 radical (unpaired) electrons. The molecular weight excluding hydrogens is 450 g/mol. The number of methoxy groups -OCH3 is 2. The average Bonchev–Trinajstić information content (AvgIpc) is 2.90. The molecule has 4 aromatic rings. The number of benzene rings is 4. The second-order valence-electron chi connectivity index (χ2n) is 8.12. The number of hydrogen-bond donors (Lipinski definition) is 0. The smallest absolute Gasteiger partial charge is 0.184 e. The van der Waals surface area contributed by atoms with E-state index in [0.717, 1.165) is 45.4 Å². The number of hydrogen-bond acceptors (Lipinski definition) is 5. The highest BCUT2D eigenvalue weighted by molar-refractivity contribution is 5.76. The molecule has 0 amide bonds. The summed E-state index contributed by atoms with van der Waals surface area (Å²) in [6, 6.07) is 31.5. The maximum absolute atomic E-state index is 6.04. The van der Waals surface area contributed by atoms with Crippen molar-refractivity contribution in [2.24, 2.45) is 4.99 Å². The number of allylic oxidation sites excluding steroid dienone is 1. The largest absolute Gasteiger partial charge is 0.501 e. The fraction of sp³-hybridized carbons (Fsp3) is 0.129. The van der Waals surface area contributed by atoms with E-state index in [2.05, 4.69) is 4.99 Å². The second-order valence-corrected chi connectivity index (χ2v) is 8.12. The molecule has 0 bridgehead atoms. The van der Waals surface area contributed by atoms with E-state index >= 15 is 0 Å². The topological polar surface area (TPSA) is 49.3 Å². The van der Waals surface area contributed by atoms with Gasteiger partial charge in [0, 0.05) is 13.0 Å². The number of ether oxygens (including phenoxy) is 4. The molecule has 0 saturated heterocycles. The Kier molecular flexibility index (Phi) is 8.04. The molecule has 0 atom stereocenters. The normalized spacial score (nSPS) is 11.7. The van der Waals surface area contributed by atoms with Crippen LogP contribution in [0.15, 0.2) is 108 Å². The van der Waals surface area contributed by atoms with Crippen LogP contribution in [0.4, 0.5) is 5.69 Å². The minimum Gasteiger partial charge on any atom is -0.501 e. The van der Waals surface area contributed by atoms with Crippen LogP contribution >= 0.6 is 0 Å². The Balaban J connectivity index is 1.41. The van der Waals surface area contributed by atoms with Crippen molar-refractivity contribution in [3.05, 3.63) is 108 Å². The van der Waals surface area contributed by atoms with E-state index < -0.39 is 0 Å². The molecule has 0 saturated carbocycles. The standard InChI is InChI=1S/C31H29NO4/c1-22(33-3)19-24-7-5-9-30(20-24)35-28-15-11-25(12-16-28)26-13-17-29(18-14-26)36-31-10-6-8-27(21-31)32-23(2)34-4/h5-21H,1-4H3/b22-19-,32-23-. The van der Waals surface area contributed by atoms with Gasteiger partial charge in [0.05, 0.1) is 25.7 Å². The van der Waals surface area contributed by atoms with Gasteiger partial charge < -0.3 is 18.9 Å². The van der Waals surface area contributed by atoms with Crippen molar-refractivity contribution in [2.45, 2.75) is 13.8 Å². The highest BCUT2D eigenvalue weighted by Crippen LogP contribution is 2.30. The van der Waals surface area contributed by atoms with Crippen molar-refractivity contribution in [1.82, 2.24) is 0 Å². The first kappa shape index (κ1) is 24.6. The predicted molar refractivity (Wildman–Crippen MR) is 145 cm³/mol. The first-order valence-electron chi connectivity index (χ1n) is 11.6. The summed E-state index contributed by atoms with van der Waals surface area (Å²) in [6.07, 6.45) is 1.97. The summed E-state index contributed by atoms with van der Waals surface area (Å²) < 4.78 is 22.4. The third kappa shape index (κ3) is 6.76. The molecular formula is C31H29NO4. The fourth-order valence-electron chi connectivity index (χ4n) is 3.51. The Labute approximate surface area is 212 Å². The van der Waals surface area contributed by atoms with Crippen LogP contribution in [-0.2, 0) is 9.47 Å². The molecule has 36 heavy (non-hydrogen) atoms. The van der Waals surface area contributed by atoms with Gasteiger partial charge in [0.1, 0.15) is 23.0 Å². The van der Waals surface area contributed by atoms with Crippen molar-refractivity contribution in [1.29, 1.82) is 0 Å². The number of rotatable bonds is 8. The van der Waals surface area contributed by atoms with E-state index in [0.29, 0.717) is 11.6 Å². The quantitative estimate of drug-likeness (QED) is 0.144. The molecule has 0 fully saturated rings. The Hall–Kier alpha value is -4.51. The summed E-state index contributed by atoms with van der Waals surface area (Å²) >= 11 is 0. The summed E-state index contributed by atoms with van der Waals surface area (Å²) in [6.45, 7) is 3.73. The lowest BCUT2D eigenvalue weighted by Gasteiger charge is -2.10. The van der Waals surface area contributed by atoms with Crippen molar-refractivity contribution >= 4 is 17.7 Å². The molecule has 4 aromatic carbocycles. The number of nitrogens with zero attached hydrogens (tertiary/aromatic N) is 1. The summed E-state index contributed by atoms with van der Waals surface area (Å²) in [4.78, 5) is 4.38. The van der Waals surface area contributed by atoms with Crippen LogP contribution in [0.25, 0.3) is 17.2 Å². The highest BCUT2D eigenvalue weighted by atomic mass is 16.5. The Morgan fingerprint density at radius 3 is 1.72 bits per heavy atom. The van der Waals surface area contributed by atoms with E-state index in [9.17, 15) is 0 Å². The molecule has 0 aromatic heterocycles. The molecule has 0 unspecified atom stereocenters. The lowest BCUT2D eigenvalue weighted by molar-refractivity contribution is 0.297. The zero-order valence-corrected chi connectivity index (χ0v) is 20.9. The third-order valence-electron chi connectivity index (χ3n) is 5.46. The van der Waals surface area contributed by atoms with Crippen LogP contribution in [0, 0.1) is 0 Å². The maximum atomic E-state index is 6.04. The Morgan fingerprint density at radius 2 is 1.17 bits per heavy atom. The van der Waals surface area contributed by atoms with Crippen LogP contribution in [0.5, 0.6) is 23.0 Å². The molecule has 4 rings (SSSR count). The SMILES string of the molecule is CO/C(C)=C\c1cccc(Oc2ccc(-c3ccc(Oc4cccc(/N=C(/C)OC)c4)cc3)cc2)c1. The zero-order chi connectivity index (χ0) is 25.3. The van der Waals surface area contributed by atoms with Crippen LogP contribution < -0.4 is 9.47 Å². The Morgan fingerprint density at radius 1 is 0.611 bits per heavy atom. The van der Waals surface area contributed by atoms with Crippen molar-refractivity contribution in [3.8, 4) is 34.1 Å². The summed E-state index contributed by atoms with van der Waals surface area (Å²) in [5, 5.41) is 0. The molecule has 0 aliphatic carbocycles. The minimum absolute atomic E-state index is 0.593. The molecule has 0 aliphatic rings. The van der Waals surface area contributed by atoms with Gasteiger partial charge in [0.25, 0.3) is 0 Å². The van der Waals surface area contributed by atoms with Crippen LogP contribution in [0.2, 0.25) is 0 Å². The van der Waals surface area contributed by atoms with Crippen molar-refractivity contribution in [3.63, 3.8) is 0 Å². The first-order valence-corrected chi connectivity index (χ1v) is 11.6. The second kappa shape index (κ2) is 11.8. The summed E-state index contributed by atoms with van der Waals surface area (Å²) in [5.41, 5.74) is 3.98.